The van der Waals surface area contributed by atoms with Crippen LogP contribution in [0.15, 0.2) is 46.6 Å². The molecule has 0 aliphatic rings. The molecule has 0 bridgehead atoms. The maximum Gasteiger partial charge on any atom is 0.277 e. The number of rotatable bonds is 3. The van der Waals surface area contributed by atoms with Crippen molar-refractivity contribution in [3.05, 3.63) is 62.8 Å². The minimum atomic E-state index is -0.448. The Morgan fingerprint density at radius 2 is 2.05 bits per heavy atom. The first kappa shape index (κ1) is 14.4. The number of benzene rings is 1. The number of anilines is 1. The highest BCUT2D eigenvalue weighted by Gasteiger charge is 2.12. The van der Waals surface area contributed by atoms with Crippen molar-refractivity contribution in [2.75, 3.05) is 5.32 Å². The molecule has 110 valence electrons. The molecule has 2 heterocycles. The predicted molar refractivity (Wildman–Crippen MR) is 85.4 cm³/mol. The van der Waals surface area contributed by atoms with Gasteiger partial charge in [-0.3, -0.25) is 14.9 Å². The van der Waals surface area contributed by atoms with Gasteiger partial charge >= 0.3 is 0 Å². The fourth-order valence-electron chi connectivity index (χ4n) is 1.76. The summed E-state index contributed by atoms with van der Waals surface area (Å²) in [6, 6.07) is 9.91. The molecule has 6 nitrogen and oxygen atoms in total. The van der Waals surface area contributed by atoms with E-state index in [0.717, 1.165) is 5.56 Å². The van der Waals surface area contributed by atoms with Crippen molar-refractivity contribution in [1.29, 1.82) is 0 Å². The summed E-state index contributed by atoms with van der Waals surface area (Å²) in [5, 5.41) is 11.3. The summed E-state index contributed by atoms with van der Waals surface area (Å²) in [4.78, 5) is 27.2. The van der Waals surface area contributed by atoms with Crippen LogP contribution in [0.25, 0.3) is 11.3 Å². The minimum absolute atomic E-state index is 0.106. The maximum atomic E-state index is 12.0. The highest BCUT2D eigenvalue weighted by molar-refractivity contribution is 7.14. The van der Waals surface area contributed by atoms with Gasteiger partial charge in [-0.15, -0.1) is 11.3 Å². The monoisotopic (exact) mass is 332 g/mol. The molecule has 1 amide bonds. The van der Waals surface area contributed by atoms with Crippen LogP contribution >= 0.6 is 22.9 Å². The molecular weight excluding hydrogens is 324 g/mol. The van der Waals surface area contributed by atoms with Gasteiger partial charge < -0.3 is 0 Å². The molecule has 0 unspecified atom stereocenters. The number of hydrogen-bond donors (Lipinski definition) is 2. The Morgan fingerprint density at radius 1 is 1.23 bits per heavy atom. The number of nitrogens with one attached hydrogen (secondary N) is 2. The molecule has 0 fully saturated rings. The van der Waals surface area contributed by atoms with Crippen LogP contribution in [0.5, 0.6) is 0 Å². The Morgan fingerprint density at radius 3 is 2.77 bits per heavy atom. The number of amides is 1. The van der Waals surface area contributed by atoms with E-state index in [0.29, 0.717) is 15.8 Å². The molecule has 0 spiro atoms. The lowest BCUT2D eigenvalue weighted by Crippen LogP contribution is -2.17. The van der Waals surface area contributed by atoms with E-state index in [1.54, 1.807) is 11.4 Å². The fraction of sp³-hybridized carbons (Fsp3) is 0. The number of H-pyrrole nitrogens is 1. The first-order chi connectivity index (χ1) is 10.6. The van der Waals surface area contributed by atoms with Crippen molar-refractivity contribution >= 4 is 34.0 Å². The van der Waals surface area contributed by atoms with Crippen LogP contribution in [0.4, 0.5) is 5.13 Å². The Bertz CT molecular complexity index is 870. The number of hydrogen-bond acceptors (Lipinski definition) is 5. The van der Waals surface area contributed by atoms with Crippen LogP contribution in [0.3, 0.4) is 0 Å². The molecule has 2 aromatic heterocycles. The number of aromatic amines is 1. The fourth-order valence-corrected chi connectivity index (χ4v) is 2.69. The molecule has 3 rings (SSSR count). The smallest absolute Gasteiger partial charge is 0.277 e. The van der Waals surface area contributed by atoms with Crippen molar-refractivity contribution in [2.45, 2.75) is 0 Å². The zero-order valence-electron chi connectivity index (χ0n) is 11.0. The molecule has 3 aromatic rings. The normalized spacial score (nSPS) is 10.4. The van der Waals surface area contributed by atoms with E-state index in [9.17, 15) is 9.59 Å². The van der Waals surface area contributed by atoms with Gasteiger partial charge in [-0.05, 0) is 12.1 Å². The summed E-state index contributed by atoms with van der Waals surface area (Å²) < 4.78 is 0. The molecule has 0 aliphatic heterocycles. The summed E-state index contributed by atoms with van der Waals surface area (Å²) in [5.41, 5.74) is 1.21. The van der Waals surface area contributed by atoms with Crippen molar-refractivity contribution in [1.82, 2.24) is 15.2 Å². The quantitative estimate of drug-likeness (QED) is 0.772. The molecule has 0 saturated heterocycles. The summed E-state index contributed by atoms with van der Waals surface area (Å²) in [5.74, 6) is -0.448. The number of thiazole rings is 1. The Balaban J connectivity index is 1.80. The molecule has 0 aliphatic carbocycles. The predicted octanol–water partition coefficient (Wildman–Crippen LogP) is 2.80. The molecule has 8 heteroatoms. The van der Waals surface area contributed by atoms with Gasteiger partial charge in [0, 0.05) is 22.0 Å². The minimum Gasteiger partial charge on any atom is -0.296 e. The summed E-state index contributed by atoms with van der Waals surface area (Å²) >= 11 is 7.40. The second-order valence-electron chi connectivity index (χ2n) is 4.28. The topological polar surface area (TPSA) is 87.7 Å². The second-order valence-corrected chi connectivity index (χ2v) is 5.54. The van der Waals surface area contributed by atoms with E-state index in [1.807, 2.05) is 18.2 Å². The zero-order valence-corrected chi connectivity index (χ0v) is 12.6. The van der Waals surface area contributed by atoms with Crippen LogP contribution in [0.1, 0.15) is 10.5 Å². The van der Waals surface area contributed by atoms with Crippen molar-refractivity contribution in [3.63, 3.8) is 0 Å². The summed E-state index contributed by atoms with van der Waals surface area (Å²) in [6.45, 7) is 0. The second kappa shape index (κ2) is 6.08. The van der Waals surface area contributed by atoms with E-state index in [-0.39, 0.29) is 11.3 Å². The van der Waals surface area contributed by atoms with Crippen LogP contribution < -0.4 is 10.9 Å². The zero-order chi connectivity index (χ0) is 15.5. The van der Waals surface area contributed by atoms with E-state index in [2.05, 4.69) is 20.5 Å². The van der Waals surface area contributed by atoms with E-state index in [1.165, 1.54) is 23.5 Å². The number of carbonyl (C=O) groups is 1. The largest absolute Gasteiger partial charge is 0.296 e. The summed E-state index contributed by atoms with van der Waals surface area (Å²) in [7, 11) is 0. The van der Waals surface area contributed by atoms with Gasteiger partial charge in [-0.2, -0.15) is 5.10 Å². The van der Waals surface area contributed by atoms with Crippen LogP contribution in [0.2, 0.25) is 5.02 Å². The SMILES string of the molecule is O=C(Nc1nc(-c2ccccc2Cl)cs1)c1ccc(=O)[nH]n1. The van der Waals surface area contributed by atoms with E-state index < -0.39 is 5.91 Å². The third kappa shape index (κ3) is 3.05. The van der Waals surface area contributed by atoms with Gasteiger partial charge in [0.05, 0.1) is 5.69 Å². The van der Waals surface area contributed by atoms with Crippen molar-refractivity contribution in [3.8, 4) is 11.3 Å². The molecule has 0 atom stereocenters. The number of halogens is 1. The molecule has 1 aromatic carbocycles. The highest BCUT2D eigenvalue weighted by atomic mass is 35.5. The molecule has 22 heavy (non-hydrogen) atoms. The lowest BCUT2D eigenvalue weighted by atomic mass is 10.2. The first-order valence-electron chi connectivity index (χ1n) is 6.21. The highest BCUT2D eigenvalue weighted by Crippen LogP contribution is 2.30. The standard InChI is InChI=1S/C14H9ClN4O2S/c15-9-4-2-1-3-8(9)11-7-22-14(16-11)17-13(21)10-5-6-12(20)19-18-10/h1-7H,(H,19,20)(H,16,17,21). The first-order valence-corrected chi connectivity index (χ1v) is 7.47. The van der Waals surface area contributed by atoms with Gasteiger partial charge in [0.15, 0.2) is 5.13 Å². The lowest BCUT2D eigenvalue weighted by Gasteiger charge is -2.00. The van der Waals surface area contributed by atoms with E-state index in [4.69, 9.17) is 11.6 Å². The van der Waals surface area contributed by atoms with Gasteiger partial charge in [0.1, 0.15) is 5.69 Å². The van der Waals surface area contributed by atoms with E-state index >= 15 is 0 Å². The molecule has 0 radical (unpaired) electrons. The van der Waals surface area contributed by atoms with Crippen LogP contribution in [-0.2, 0) is 0 Å². The lowest BCUT2D eigenvalue weighted by molar-refractivity contribution is 0.102. The Labute approximate surface area is 133 Å². The van der Waals surface area contributed by atoms with Crippen molar-refractivity contribution in [2.24, 2.45) is 0 Å². The van der Waals surface area contributed by atoms with Gasteiger partial charge in [-0.1, -0.05) is 29.8 Å². The number of aromatic nitrogens is 3. The Kier molecular flexibility index (Phi) is 3.99. The van der Waals surface area contributed by atoms with Crippen LogP contribution in [-0.4, -0.2) is 21.1 Å². The van der Waals surface area contributed by atoms with Gasteiger partial charge in [-0.25, -0.2) is 10.1 Å². The molecular formula is C14H9ClN4O2S. The third-order valence-electron chi connectivity index (χ3n) is 2.79. The summed E-state index contributed by atoms with van der Waals surface area (Å²) in [6.07, 6.45) is 0. The average molecular weight is 333 g/mol. The Hall–Kier alpha value is -2.51. The van der Waals surface area contributed by atoms with Gasteiger partial charge in [0.2, 0.25) is 0 Å². The third-order valence-corrected chi connectivity index (χ3v) is 3.87. The molecule has 2 N–H and O–H groups in total. The van der Waals surface area contributed by atoms with Crippen LogP contribution in [0, 0.1) is 0 Å². The number of nitrogens with zero attached hydrogens (tertiary/aromatic N) is 2. The number of carbonyl (C=O) groups excluding carboxylic acids is 1. The molecule has 0 saturated carbocycles. The maximum absolute atomic E-state index is 12.0. The van der Waals surface area contributed by atoms with Gasteiger partial charge in [0.25, 0.3) is 11.5 Å². The average Bonchev–Trinajstić information content (AvgIpc) is 2.96. The van der Waals surface area contributed by atoms with Crippen molar-refractivity contribution < 1.29 is 4.79 Å².